The minimum absolute atomic E-state index is 0.310. The van der Waals surface area contributed by atoms with Gasteiger partial charge in [0.1, 0.15) is 0 Å². The third kappa shape index (κ3) is 2.08. The molecule has 0 spiro atoms. The first-order chi connectivity index (χ1) is 10.6. The molecule has 1 aliphatic rings. The maximum absolute atomic E-state index is 12.5. The zero-order valence-corrected chi connectivity index (χ0v) is 13.1. The standard InChI is InChI=1S/C15H21N5O2/c1-4-8-20-11-12(17(2)15(22)18(3)13(11)21)16-14(20)19-9-6-5-7-10-19/h4H,1,5-10H2,2-3H3. The average Bonchev–Trinajstić information content (AvgIpc) is 2.92. The van der Waals surface area contributed by atoms with Crippen molar-refractivity contribution in [2.75, 3.05) is 18.0 Å². The zero-order valence-electron chi connectivity index (χ0n) is 13.1. The minimum atomic E-state index is -0.356. The van der Waals surface area contributed by atoms with Gasteiger partial charge in [-0.15, -0.1) is 6.58 Å². The minimum Gasteiger partial charge on any atom is -0.342 e. The van der Waals surface area contributed by atoms with Crippen molar-refractivity contribution in [2.45, 2.75) is 25.8 Å². The molecule has 3 heterocycles. The molecule has 7 heteroatoms. The highest BCUT2D eigenvalue weighted by molar-refractivity contribution is 5.74. The first-order valence-electron chi connectivity index (χ1n) is 7.58. The van der Waals surface area contributed by atoms with Crippen molar-refractivity contribution in [3.05, 3.63) is 33.5 Å². The van der Waals surface area contributed by atoms with Gasteiger partial charge in [0.2, 0.25) is 5.95 Å². The van der Waals surface area contributed by atoms with Gasteiger partial charge >= 0.3 is 5.69 Å². The van der Waals surface area contributed by atoms with Gasteiger partial charge in [0.05, 0.1) is 0 Å². The van der Waals surface area contributed by atoms with Crippen LogP contribution in [0.4, 0.5) is 5.95 Å². The SMILES string of the molecule is C=CCn1c(N2CCCCC2)nc2c1c(=O)n(C)c(=O)n2C. The number of anilines is 1. The van der Waals surface area contributed by atoms with Gasteiger partial charge in [-0.25, -0.2) is 4.79 Å². The summed E-state index contributed by atoms with van der Waals surface area (Å²) in [5, 5.41) is 0. The van der Waals surface area contributed by atoms with Gasteiger partial charge in [-0.05, 0) is 19.3 Å². The molecule has 0 atom stereocenters. The van der Waals surface area contributed by atoms with E-state index in [1.54, 1.807) is 13.1 Å². The molecule has 0 bridgehead atoms. The number of rotatable bonds is 3. The van der Waals surface area contributed by atoms with E-state index in [-0.39, 0.29) is 11.2 Å². The largest absolute Gasteiger partial charge is 0.342 e. The molecule has 1 aliphatic heterocycles. The summed E-state index contributed by atoms with van der Waals surface area (Å²) in [6.45, 7) is 6.12. The van der Waals surface area contributed by atoms with Crippen molar-refractivity contribution in [3.8, 4) is 0 Å². The highest BCUT2D eigenvalue weighted by Crippen LogP contribution is 2.22. The molecule has 0 aliphatic carbocycles. The Kier molecular flexibility index (Phi) is 3.64. The number of aromatic nitrogens is 4. The molecule has 0 N–H and O–H groups in total. The number of imidazole rings is 1. The molecular weight excluding hydrogens is 282 g/mol. The molecule has 118 valence electrons. The van der Waals surface area contributed by atoms with E-state index in [2.05, 4.69) is 16.5 Å². The van der Waals surface area contributed by atoms with Crippen molar-refractivity contribution >= 4 is 17.1 Å². The van der Waals surface area contributed by atoms with Crippen LogP contribution in [0.2, 0.25) is 0 Å². The quantitative estimate of drug-likeness (QED) is 0.779. The summed E-state index contributed by atoms with van der Waals surface area (Å²) in [5.41, 5.74) is 0.238. The molecule has 0 aromatic carbocycles. The Morgan fingerprint density at radius 3 is 2.45 bits per heavy atom. The first-order valence-corrected chi connectivity index (χ1v) is 7.58. The predicted octanol–water partition coefficient (Wildman–Crippen LogP) is 0.610. The van der Waals surface area contributed by atoms with Gasteiger partial charge in [0, 0.05) is 33.7 Å². The molecule has 0 amide bonds. The molecular formula is C15H21N5O2. The smallest absolute Gasteiger partial charge is 0.332 e. The van der Waals surface area contributed by atoms with E-state index in [4.69, 9.17) is 0 Å². The molecule has 3 rings (SSSR count). The van der Waals surface area contributed by atoms with Crippen LogP contribution < -0.4 is 16.1 Å². The normalized spacial score (nSPS) is 15.5. The highest BCUT2D eigenvalue weighted by Gasteiger charge is 2.23. The number of piperidine rings is 1. The lowest BCUT2D eigenvalue weighted by molar-refractivity contribution is 0.560. The Morgan fingerprint density at radius 2 is 1.82 bits per heavy atom. The van der Waals surface area contributed by atoms with E-state index in [1.165, 1.54) is 18.0 Å². The van der Waals surface area contributed by atoms with Crippen molar-refractivity contribution in [2.24, 2.45) is 14.1 Å². The van der Waals surface area contributed by atoms with Gasteiger partial charge < -0.3 is 9.47 Å². The second-order valence-electron chi connectivity index (χ2n) is 5.74. The third-order valence-corrected chi connectivity index (χ3v) is 4.28. The maximum atomic E-state index is 12.5. The molecule has 1 fully saturated rings. The lowest BCUT2D eigenvalue weighted by atomic mass is 10.1. The third-order valence-electron chi connectivity index (χ3n) is 4.28. The number of allylic oxidation sites excluding steroid dienone is 1. The van der Waals surface area contributed by atoms with Crippen LogP contribution in [-0.2, 0) is 20.6 Å². The molecule has 22 heavy (non-hydrogen) atoms. The van der Waals surface area contributed by atoms with E-state index in [0.29, 0.717) is 17.7 Å². The second-order valence-corrected chi connectivity index (χ2v) is 5.74. The Balaban J connectivity index is 2.33. The van der Waals surface area contributed by atoms with Crippen molar-refractivity contribution < 1.29 is 0 Å². The molecule has 2 aromatic heterocycles. The number of hydrogen-bond donors (Lipinski definition) is 0. The fourth-order valence-corrected chi connectivity index (χ4v) is 3.07. The van der Waals surface area contributed by atoms with Crippen LogP contribution in [0, 0.1) is 0 Å². The molecule has 2 aromatic rings. The average molecular weight is 303 g/mol. The predicted molar refractivity (Wildman–Crippen MR) is 86.5 cm³/mol. The van der Waals surface area contributed by atoms with Crippen LogP contribution in [0.25, 0.3) is 11.2 Å². The highest BCUT2D eigenvalue weighted by atomic mass is 16.2. The fourth-order valence-electron chi connectivity index (χ4n) is 3.07. The van der Waals surface area contributed by atoms with Crippen molar-refractivity contribution in [3.63, 3.8) is 0 Å². The number of aryl methyl sites for hydroxylation is 1. The summed E-state index contributed by atoms with van der Waals surface area (Å²) < 4.78 is 4.43. The van der Waals surface area contributed by atoms with E-state index in [1.807, 2.05) is 4.57 Å². The topological polar surface area (TPSA) is 65.1 Å². The van der Waals surface area contributed by atoms with E-state index < -0.39 is 0 Å². The van der Waals surface area contributed by atoms with Crippen LogP contribution in [0.1, 0.15) is 19.3 Å². The number of hydrogen-bond acceptors (Lipinski definition) is 4. The lowest BCUT2D eigenvalue weighted by Crippen LogP contribution is -2.37. The molecule has 7 nitrogen and oxygen atoms in total. The van der Waals surface area contributed by atoms with E-state index >= 15 is 0 Å². The maximum Gasteiger partial charge on any atom is 0.332 e. The van der Waals surface area contributed by atoms with Crippen LogP contribution in [0.3, 0.4) is 0 Å². The van der Waals surface area contributed by atoms with Crippen molar-refractivity contribution in [1.82, 2.24) is 18.7 Å². The van der Waals surface area contributed by atoms with E-state index in [9.17, 15) is 9.59 Å². The van der Waals surface area contributed by atoms with Gasteiger partial charge in [0.15, 0.2) is 11.2 Å². The van der Waals surface area contributed by atoms with Gasteiger partial charge in [-0.3, -0.25) is 13.9 Å². The van der Waals surface area contributed by atoms with Gasteiger partial charge in [-0.2, -0.15) is 4.98 Å². The lowest BCUT2D eigenvalue weighted by Gasteiger charge is -2.27. The summed E-state index contributed by atoms with van der Waals surface area (Å²) in [4.78, 5) is 31.4. The summed E-state index contributed by atoms with van der Waals surface area (Å²) in [7, 11) is 3.14. The van der Waals surface area contributed by atoms with E-state index in [0.717, 1.165) is 36.4 Å². The van der Waals surface area contributed by atoms with Crippen LogP contribution in [0.15, 0.2) is 22.2 Å². The Hall–Kier alpha value is -2.31. The van der Waals surface area contributed by atoms with Crippen LogP contribution in [-0.4, -0.2) is 31.8 Å². The first kappa shape index (κ1) is 14.6. The zero-order chi connectivity index (χ0) is 15.9. The summed E-state index contributed by atoms with van der Waals surface area (Å²) in [6, 6.07) is 0. The van der Waals surface area contributed by atoms with Gasteiger partial charge in [0.25, 0.3) is 5.56 Å². The Bertz CT molecular complexity index is 836. The van der Waals surface area contributed by atoms with Crippen molar-refractivity contribution in [1.29, 1.82) is 0 Å². The summed E-state index contributed by atoms with van der Waals surface area (Å²) in [5.74, 6) is 0.757. The molecule has 0 saturated carbocycles. The number of nitrogens with zero attached hydrogens (tertiary/aromatic N) is 5. The Labute approximate surface area is 128 Å². The van der Waals surface area contributed by atoms with Gasteiger partial charge in [-0.1, -0.05) is 6.08 Å². The molecule has 1 saturated heterocycles. The number of fused-ring (bicyclic) bond motifs is 1. The Morgan fingerprint density at radius 1 is 1.14 bits per heavy atom. The second kappa shape index (κ2) is 5.47. The fraction of sp³-hybridized carbons (Fsp3) is 0.533. The summed E-state index contributed by atoms with van der Waals surface area (Å²) in [6.07, 6.45) is 5.21. The monoisotopic (exact) mass is 303 g/mol. The molecule has 0 radical (unpaired) electrons. The van der Waals surface area contributed by atoms with Crippen LogP contribution >= 0.6 is 0 Å². The van der Waals surface area contributed by atoms with Crippen LogP contribution in [0.5, 0.6) is 0 Å². The summed E-state index contributed by atoms with van der Waals surface area (Å²) >= 11 is 0. The molecule has 0 unspecified atom stereocenters.